The van der Waals surface area contributed by atoms with Crippen LogP contribution in [-0.2, 0) is 22.6 Å². The molecule has 0 amide bonds. The first kappa shape index (κ1) is 44.0. The number of nitrogens with one attached hydrogen (secondary N) is 2. The number of aldehydes is 1. The quantitative estimate of drug-likeness (QED) is 0.143. The van der Waals surface area contributed by atoms with Crippen LogP contribution in [0.4, 0.5) is 0 Å². The Kier molecular flexibility index (Phi) is 9.90. The van der Waals surface area contributed by atoms with Crippen molar-refractivity contribution in [3.05, 3.63) is 111 Å². The monoisotopic (exact) mass is 962 g/mol. The maximum absolute atomic E-state index is 15.6. The molecule has 3 heterocycles. The van der Waals surface area contributed by atoms with E-state index in [1.54, 1.807) is 24.3 Å². The van der Waals surface area contributed by atoms with Gasteiger partial charge in [0.1, 0.15) is 52.4 Å². The molecule has 2 aromatic carbocycles. The summed E-state index contributed by atoms with van der Waals surface area (Å²) < 4.78 is 13.4. The van der Waals surface area contributed by atoms with E-state index in [0.29, 0.717) is 30.8 Å². The van der Waals surface area contributed by atoms with Gasteiger partial charge in [0, 0.05) is 35.1 Å². The van der Waals surface area contributed by atoms with E-state index in [4.69, 9.17) is 9.47 Å². The van der Waals surface area contributed by atoms with Gasteiger partial charge in [-0.05, 0) is 132 Å². The van der Waals surface area contributed by atoms with E-state index < -0.39 is 70.5 Å². The zero-order chi connectivity index (χ0) is 46.7. The van der Waals surface area contributed by atoms with Crippen molar-refractivity contribution in [3.63, 3.8) is 0 Å². The minimum absolute atomic E-state index is 0.00875. The smallest absolute Gasteiger partial charge is 0.229 e. The van der Waals surface area contributed by atoms with Gasteiger partial charge >= 0.3 is 0 Å². The number of fused-ring (bicyclic) bond motifs is 3. The van der Waals surface area contributed by atoms with E-state index >= 15 is 9.59 Å². The summed E-state index contributed by atoms with van der Waals surface area (Å²) in [6, 6.07) is 12.1. The van der Waals surface area contributed by atoms with Crippen LogP contribution in [0.2, 0.25) is 0 Å². The van der Waals surface area contributed by atoms with E-state index in [1.807, 2.05) is 24.3 Å². The third-order valence-electron chi connectivity index (χ3n) is 19.6. The molecule has 9 aliphatic carbocycles. The highest BCUT2D eigenvalue weighted by molar-refractivity contribution is 8.76. The van der Waals surface area contributed by atoms with E-state index in [0.717, 1.165) is 67.5 Å². The number of dihydropyridines is 1. The van der Waals surface area contributed by atoms with Crippen LogP contribution < -0.4 is 15.4 Å². The zero-order valence-electron chi connectivity index (χ0n) is 37.7. The summed E-state index contributed by atoms with van der Waals surface area (Å²) in [5.41, 5.74) is -0.842. The lowest BCUT2D eigenvalue weighted by atomic mass is 9.41. The van der Waals surface area contributed by atoms with Crippen LogP contribution in [0, 0.1) is 57.7 Å². The van der Waals surface area contributed by atoms with Crippen LogP contribution >= 0.6 is 21.6 Å². The second kappa shape index (κ2) is 15.3. The predicted molar refractivity (Wildman–Crippen MR) is 252 cm³/mol. The number of hydrogen-bond acceptors (Lipinski definition) is 15. The predicted octanol–water partition coefficient (Wildman–Crippen LogP) is 5.22. The van der Waals surface area contributed by atoms with Gasteiger partial charge in [0.2, 0.25) is 6.29 Å². The molecule has 3 spiro atoms. The third kappa shape index (κ3) is 5.45. The number of allylic oxidation sites excluding steroid dienone is 6. The molecule has 358 valence electrons. The van der Waals surface area contributed by atoms with Crippen molar-refractivity contribution in [1.82, 2.24) is 10.6 Å². The van der Waals surface area contributed by atoms with E-state index in [-0.39, 0.29) is 76.4 Å². The summed E-state index contributed by atoms with van der Waals surface area (Å²) in [4.78, 5) is 43.8. The highest BCUT2D eigenvalue weighted by Gasteiger charge is 2.81. The van der Waals surface area contributed by atoms with Crippen molar-refractivity contribution in [3.8, 4) is 5.75 Å². The molecule has 5 saturated carbocycles. The molecule has 0 aromatic heterocycles. The molecular formula is C53H58N2O11S2. The van der Waals surface area contributed by atoms with Gasteiger partial charge < -0.3 is 55.5 Å². The Labute approximate surface area is 402 Å². The number of carbonyl (C=O) groups excluding carboxylic acids is 3. The molecule has 13 nitrogen and oxygen atoms in total. The first-order valence-electron chi connectivity index (χ1n) is 24.6. The van der Waals surface area contributed by atoms with Crippen LogP contribution in [0.5, 0.6) is 5.75 Å². The molecule has 15 unspecified atom stereocenters. The van der Waals surface area contributed by atoms with Gasteiger partial charge in [-0.3, -0.25) is 9.59 Å². The Morgan fingerprint density at radius 3 is 2.65 bits per heavy atom. The molecule has 12 aliphatic rings. The topological polar surface area (TPSA) is 215 Å². The lowest BCUT2D eigenvalue weighted by Gasteiger charge is -2.68. The Hall–Kier alpha value is -3.93. The van der Waals surface area contributed by atoms with Crippen LogP contribution in [0.15, 0.2) is 88.5 Å². The molecule has 3 aliphatic heterocycles. The van der Waals surface area contributed by atoms with Gasteiger partial charge in [-0.25, -0.2) is 0 Å². The molecule has 68 heavy (non-hydrogen) atoms. The Balaban J connectivity index is 0.981. The average molecular weight is 963 g/mol. The number of carbonyl (C=O) groups is 3. The van der Waals surface area contributed by atoms with Crippen LogP contribution in [0.25, 0.3) is 0 Å². The molecule has 15 heteroatoms. The number of hydrogen-bond donors (Lipinski definition) is 8. The molecule has 2 aromatic rings. The molecule has 6 fully saturated rings. The van der Waals surface area contributed by atoms with Crippen molar-refractivity contribution >= 4 is 39.4 Å². The van der Waals surface area contributed by atoms with Crippen molar-refractivity contribution in [2.24, 2.45) is 57.7 Å². The van der Waals surface area contributed by atoms with Crippen molar-refractivity contribution in [2.45, 2.75) is 101 Å². The Morgan fingerprint density at radius 1 is 0.985 bits per heavy atom. The lowest BCUT2D eigenvalue weighted by Crippen LogP contribution is -2.81. The van der Waals surface area contributed by atoms with Crippen LogP contribution in [0.3, 0.4) is 0 Å². The molecule has 15 atom stereocenters. The van der Waals surface area contributed by atoms with Crippen LogP contribution in [0.1, 0.15) is 89.6 Å². The van der Waals surface area contributed by atoms with Gasteiger partial charge in [0.25, 0.3) is 0 Å². The maximum Gasteiger partial charge on any atom is 0.229 e. The largest absolute Gasteiger partial charge is 0.511 e. The van der Waals surface area contributed by atoms with Crippen molar-refractivity contribution in [1.29, 1.82) is 0 Å². The molecule has 0 radical (unpaired) electrons. The number of aliphatic hydroxyl groups excluding tert-OH is 5. The SMILES string of the molecule is O=CC1CCCC12CC1CC3CC4CC5(CO)OC6Oc7cccc8c7C(=O)C7(CSSCNC9=C%10CCC2C1(C%10=C3CN9)C4C(O)(C6O)C5O)C(O)=CC(Cc1cccc(CO)c1)=CC7C8=O. The van der Waals surface area contributed by atoms with Gasteiger partial charge in [0.15, 0.2) is 11.6 Å². The van der Waals surface area contributed by atoms with Gasteiger partial charge in [-0.2, -0.15) is 0 Å². The fraction of sp³-hybridized carbons (Fsp3) is 0.566. The summed E-state index contributed by atoms with van der Waals surface area (Å²) >= 11 is 0. The van der Waals surface area contributed by atoms with Gasteiger partial charge in [-0.15, -0.1) is 0 Å². The third-order valence-corrected chi connectivity index (χ3v) is 21.8. The highest BCUT2D eigenvalue weighted by atomic mass is 33.1. The number of aliphatic hydroxyl groups is 6. The van der Waals surface area contributed by atoms with Gasteiger partial charge in [-0.1, -0.05) is 70.5 Å². The fourth-order valence-electron chi connectivity index (χ4n) is 17.3. The lowest BCUT2D eigenvalue weighted by molar-refractivity contribution is -0.394. The Bertz CT molecular complexity index is 2700. The minimum Gasteiger partial charge on any atom is -0.511 e. The van der Waals surface area contributed by atoms with Gasteiger partial charge in [0.05, 0.1) is 30.6 Å². The average Bonchev–Trinajstić information content (AvgIpc) is 3.80. The first-order chi connectivity index (χ1) is 32.9. The highest BCUT2D eigenvalue weighted by Crippen LogP contribution is 2.81. The van der Waals surface area contributed by atoms with E-state index in [9.17, 15) is 35.4 Å². The summed E-state index contributed by atoms with van der Waals surface area (Å²) in [5.74, 6) is -1.92. The number of Topliss-reactive ketones (excluding diaryl/α,β-unsaturated/α-hetero) is 2. The number of ketones is 2. The minimum atomic E-state index is -2.29. The number of rotatable bonds is 5. The summed E-state index contributed by atoms with van der Waals surface area (Å²) in [5, 5.41) is 80.9. The fourth-order valence-corrected chi connectivity index (χ4v) is 19.6. The summed E-state index contributed by atoms with van der Waals surface area (Å²) in [6.45, 7) is -0.227. The maximum atomic E-state index is 15.6. The molecule has 14 rings (SSSR count). The molecule has 8 N–H and O–H groups in total. The van der Waals surface area contributed by atoms with Crippen molar-refractivity contribution in [2.75, 3.05) is 24.8 Å². The molecule has 11 bridgehead atoms. The second-order valence-electron chi connectivity index (χ2n) is 22.0. The number of benzene rings is 2. The summed E-state index contributed by atoms with van der Waals surface area (Å²) in [6.07, 6.45) is 6.34. The Morgan fingerprint density at radius 2 is 1.82 bits per heavy atom. The zero-order valence-corrected chi connectivity index (χ0v) is 39.3. The van der Waals surface area contributed by atoms with E-state index in [2.05, 4.69) is 10.6 Å². The standard InChI is InChI=1S/C53H58N2O11S2/c56-21-27-5-1-4-26(12-27)13-28-14-36-42(60)33-7-2-8-37-40(33)44(61)51(36,39(59)15-28)24-67-68-25-55-46-34-9-10-38-49(11-3-6-31(49)22-57)19-32-17-29-16-30-18-50(23-58)48(63)53(64,45(62)47(65-37)66-50)43(30)52(32,38)41(34)35(29)20-54-46/h1-2,4-5,7-8,12,14-15,22,29-32,36,38,43,45,47-48,54-56,58-59,62-64H,3,6,9-11,13,16-21,23-25H2. The van der Waals surface area contributed by atoms with Crippen LogP contribution in [-0.4, -0.2) is 103 Å². The summed E-state index contributed by atoms with van der Waals surface area (Å²) in [7, 11) is 2.89. The second-order valence-corrected chi connectivity index (χ2v) is 24.5. The number of ether oxygens (including phenoxy) is 2. The molecular weight excluding hydrogens is 905 g/mol. The molecule has 1 saturated heterocycles. The van der Waals surface area contributed by atoms with E-state index in [1.165, 1.54) is 45.1 Å². The van der Waals surface area contributed by atoms with Crippen molar-refractivity contribution < 1.29 is 54.5 Å². The first-order valence-corrected chi connectivity index (χ1v) is 27.1. The normalized spacial score (nSPS) is 43.8.